The van der Waals surface area contributed by atoms with Crippen molar-refractivity contribution in [1.29, 1.82) is 0 Å². The molecule has 3 heteroatoms. The highest BCUT2D eigenvalue weighted by atomic mass is 16.3. The van der Waals surface area contributed by atoms with Gasteiger partial charge in [-0.3, -0.25) is 0 Å². The number of hydrogen-bond donors (Lipinski definition) is 3. The van der Waals surface area contributed by atoms with Crippen LogP contribution in [0.15, 0.2) is 0 Å². The Kier molecular flexibility index (Phi) is 2.47. The molecule has 0 aliphatic carbocycles. The number of rotatable bonds is 3. The van der Waals surface area contributed by atoms with Gasteiger partial charge in [0, 0.05) is 18.5 Å². The van der Waals surface area contributed by atoms with E-state index in [9.17, 15) is 10.2 Å². The number of nitrogens with one attached hydrogen (secondary N) is 1. The quantitative estimate of drug-likeness (QED) is 0.562. The Balaban J connectivity index is 2.78. The molecule has 1 heterocycles. The molecule has 1 unspecified atom stereocenters. The van der Waals surface area contributed by atoms with Gasteiger partial charge >= 0.3 is 0 Å². The predicted molar refractivity (Wildman–Crippen MR) is 47.9 cm³/mol. The lowest BCUT2D eigenvalue weighted by Crippen LogP contribution is -2.70. The highest BCUT2D eigenvalue weighted by molar-refractivity contribution is 5.06. The largest absolute Gasteiger partial charge is 0.396 e. The third-order valence-electron chi connectivity index (χ3n) is 3.50. The minimum Gasteiger partial charge on any atom is -0.396 e. The van der Waals surface area contributed by atoms with Crippen LogP contribution in [0.2, 0.25) is 0 Å². The molecular formula is C9H19NO2. The topological polar surface area (TPSA) is 52.5 Å². The Hall–Kier alpha value is -0.120. The number of aliphatic hydroxyl groups excluding tert-OH is 1. The molecule has 0 aromatic rings. The predicted octanol–water partition coefficient (Wildman–Crippen LogP) is -0.0247. The standard InChI is InChI=1S/C9H19NO2/c1-7(2)8(3,6-11)9(12)4-10-5-9/h7,10-12H,4-6H2,1-3H3. The van der Waals surface area contributed by atoms with Crippen LogP contribution in [0.4, 0.5) is 0 Å². The summed E-state index contributed by atoms with van der Waals surface area (Å²) in [7, 11) is 0. The van der Waals surface area contributed by atoms with E-state index in [1.807, 2.05) is 20.8 Å². The molecule has 0 saturated carbocycles. The molecule has 0 aromatic heterocycles. The van der Waals surface area contributed by atoms with Crippen molar-refractivity contribution >= 4 is 0 Å². The summed E-state index contributed by atoms with van der Waals surface area (Å²) in [6.45, 7) is 7.25. The van der Waals surface area contributed by atoms with Gasteiger partial charge in [0.25, 0.3) is 0 Å². The van der Waals surface area contributed by atoms with Gasteiger partial charge in [-0.1, -0.05) is 20.8 Å². The van der Waals surface area contributed by atoms with E-state index >= 15 is 0 Å². The maximum atomic E-state index is 10.1. The molecule has 1 fully saturated rings. The lowest BCUT2D eigenvalue weighted by atomic mass is 9.64. The zero-order valence-electron chi connectivity index (χ0n) is 8.09. The third kappa shape index (κ3) is 1.16. The first-order valence-electron chi connectivity index (χ1n) is 4.50. The molecule has 0 amide bonds. The zero-order chi connectivity index (χ0) is 9.41. The number of hydrogen-bond acceptors (Lipinski definition) is 3. The maximum Gasteiger partial charge on any atom is 0.0972 e. The second-order valence-electron chi connectivity index (χ2n) is 4.37. The summed E-state index contributed by atoms with van der Waals surface area (Å²) in [5.74, 6) is 0.287. The second kappa shape index (κ2) is 2.98. The normalized spacial score (nSPS) is 26.5. The smallest absolute Gasteiger partial charge is 0.0972 e. The van der Waals surface area contributed by atoms with E-state index in [0.717, 1.165) is 0 Å². The average Bonchev–Trinajstić information content (AvgIpc) is 1.98. The van der Waals surface area contributed by atoms with E-state index in [2.05, 4.69) is 5.32 Å². The molecule has 12 heavy (non-hydrogen) atoms. The summed E-state index contributed by atoms with van der Waals surface area (Å²) in [5.41, 5.74) is -1.09. The van der Waals surface area contributed by atoms with Crippen molar-refractivity contribution in [2.24, 2.45) is 11.3 Å². The monoisotopic (exact) mass is 173 g/mol. The van der Waals surface area contributed by atoms with Crippen LogP contribution in [0.25, 0.3) is 0 Å². The van der Waals surface area contributed by atoms with E-state index in [0.29, 0.717) is 13.1 Å². The highest BCUT2D eigenvalue weighted by Gasteiger charge is 2.52. The molecule has 0 aromatic carbocycles. The summed E-state index contributed by atoms with van der Waals surface area (Å²) in [4.78, 5) is 0. The van der Waals surface area contributed by atoms with Crippen LogP contribution in [0, 0.1) is 11.3 Å². The van der Waals surface area contributed by atoms with Crippen molar-refractivity contribution in [3.63, 3.8) is 0 Å². The Labute approximate surface area is 73.8 Å². The summed E-state index contributed by atoms with van der Waals surface area (Å²) < 4.78 is 0. The van der Waals surface area contributed by atoms with E-state index in [1.165, 1.54) is 0 Å². The Morgan fingerprint density at radius 3 is 2.08 bits per heavy atom. The molecule has 3 nitrogen and oxygen atoms in total. The van der Waals surface area contributed by atoms with E-state index < -0.39 is 5.60 Å². The van der Waals surface area contributed by atoms with E-state index in [-0.39, 0.29) is 17.9 Å². The Morgan fingerprint density at radius 1 is 1.50 bits per heavy atom. The molecule has 1 saturated heterocycles. The zero-order valence-corrected chi connectivity index (χ0v) is 8.09. The van der Waals surface area contributed by atoms with Gasteiger partial charge in [-0.15, -0.1) is 0 Å². The SMILES string of the molecule is CC(C)C(C)(CO)C1(O)CNC1. The van der Waals surface area contributed by atoms with Crippen molar-refractivity contribution in [2.45, 2.75) is 26.4 Å². The van der Waals surface area contributed by atoms with Crippen molar-refractivity contribution < 1.29 is 10.2 Å². The van der Waals surface area contributed by atoms with Gasteiger partial charge in [-0.2, -0.15) is 0 Å². The average molecular weight is 173 g/mol. The van der Waals surface area contributed by atoms with Crippen LogP contribution in [0.3, 0.4) is 0 Å². The van der Waals surface area contributed by atoms with Gasteiger partial charge in [-0.05, 0) is 5.92 Å². The van der Waals surface area contributed by atoms with Crippen LogP contribution in [-0.4, -0.2) is 35.5 Å². The minimum atomic E-state index is -0.712. The summed E-state index contributed by atoms with van der Waals surface area (Å²) >= 11 is 0. The second-order valence-corrected chi connectivity index (χ2v) is 4.37. The molecule has 0 spiro atoms. The highest BCUT2D eigenvalue weighted by Crippen LogP contribution is 2.40. The van der Waals surface area contributed by atoms with Gasteiger partial charge in [0.2, 0.25) is 0 Å². The van der Waals surface area contributed by atoms with E-state index in [1.54, 1.807) is 0 Å². The molecule has 0 bridgehead atoms. The first-order valence-corrected chi connectivity index (χ1v) is 4.50. The molecule has 1 aliphatic heterocycles. The summed E-state index contributed by atoms with van der Waals surface area (Å²) in [6, 6.07) is 0. The lowest BCUT2D eigenvalue weighted by Gasteiger charge is -2.52. The molecule has 1 rings (SSSR count). The Morgan fingerprint density at radius 2 is 2.00 bits per heavy atom. The maximum absolute atomic E-state index is 10.1. The lowest BCUT2D eigenvalue weighted by molar-refractivity contribution is -0.152. The molecule has 0 radical (unpaired) electrons. The molecule has 72 valence electrons. The summed E-state index contributed by atoms with van der Waals surface area (Å²) in [5, 5.41) is 22.4. The molecule has 1 atom stereocenters. The fourth-order valence-electron chi connectivity index (χ4n) is 1.63. The van der Waals surface area contributed by atoms with Gasteiger partial charge in [0.15, 0.2) is 0 Å². The van der Waals surface area contributed by atoms with Crippen LogP contribution >= 0.6 is 0 Å². The Bertz CT molecular complexity index is 166. The van der Waals surface area contributed by atoms with Gasteiger partial charge in [0.05, 0.1) is 12.2 Å². The number of β-amino-alcohol motifs (C(OH)–C–C–N with tert-alkyl or cyclic N) is 1. The first kappa shape index (κ1) is 9.96. The van der Waals surface area contributed by atoms with Crippen molar-refractivity contribution in [2.75, 3.05) is 19.7 Å². The van der Waals surface area contributed by atoms with Gasteiger partial charge in [-0.25, -0.2) is 0 Å². The van der Waals surface area contributed by atoms with Crippen LogP contribution in [-0.2, 0) is 0 Å². The van der Waals surface area contributed by atoms with Crippen LogP contribution < -0.4 is 5.32 Å². The van der Waals surface area contributed by atoms with Crippen molar-refractivity contribution in [3.8, 4) is 0 Å². The minimum absolute atomic E-state index is 0.0445. The molecular weight excluding hydrogens is 154 g/mol. The van der Waals surface area contributed by atoms with Crippen LogP contribution in [0.5, 0.6) is 0 Å². The van der Waals surface area contributed by atoms with Crippen molar-refractivity contribution in [1.82, 2.24) is 5.32 Å². The van der Waals surface area contributed by atoms with Crippen LogP contribution in [0.1, 0.15) is 20.8 Å². The number of aliphatic hydroxyl groups is 2. The fourth-order valence-corrected chi connectivity index (χ4v) is 1.63. The molecule has 1 aliphatic rings. The van der Waals surface area contributed by atoms with E-state index in [4.69, 9.17) is 0 Å². The van der Waals surface area contributed by atoms with Gasteiger partial charge < -0.3 is 15.5 Å². The molecule has 3 N–H and O–H groups in total. The van der Waals surface area contributed by atoms with Gasteiger partial charge in [0.1, 0.15) is 0 Å². The first-order chi connectivity index (χ1) is 5.46. The fraction of sp³-hybridized carbons (Fsp3) is 1.00. The third-order valence-corrected chi connectivity index (χ3v) is 3.50. The van der Waals surface area contributed by atoms with Crippen molar-refractivity contribution in [3.05, 3.63) is 0 Å². The summed E-state index contributed by atoms with van der Waals surface area (Å²) in [6.07, 6.45) is 0.